The molecule has 3 rings (SSSR count). The van der Waals surface area contributed by atoms with E-state index in [9.17, 15) is 14.7 Å². The first kappa shape index (κ1) is 21.8. The van der Waals surface area contributed by atoms with Crippen LogP contribution >= 0.6 is 0 Å². The molecule has 0 aromatic heterocycles. The molecule has 0 radical (unpaired) electrons. The quantitative estimate of drug-likeness (QED) is 0.765. The first-order valence-electron chi connectivity index (χ1n) is 11.2. The van der Waals surface area contributed by atoms with E-state index in [4.69, 9.17) is 0 Å². The van der Waals surface area contributed by atoms with Crippen LogP contribution < -0.4 is 0 Å². The van der Waals surface area contributed by atoms with Gasteiger partial charge in [0.1, 0.15) is 0 Å². The van der Waals surface area contributed by atoms with E-state index in [2.05, 4.69) is 45.0 Å². The number of fused-ring (bicyclic) bond motifs is 1. The minimum atomic E-state index is -0.118. The van der Waals surface area contributed by atoms with Gasteiger partial charge in [-0.2, -0.15) is 0 Å². The van der Waals surface area contributed by atoms with Gasteiger partial charge in [0, 0.05) is 32.0 Å². The molecule has 1 aromatic rings. The number of carbonyl (C=O) groups excluding carboxylic acids is 2. The summed E-state index contributed by atoms with van der Waals surface area (Å²) in [5, 5.41) is 9.84. The van der Waals surface area contributed by atoms with Crippen LogP contribution in [0.3, 0.4) is 0 Å². The fourth-order valence-corrected chi connectivity index (χ4v) is 4.93. The highest BCUT2D eigenvalue weighted by molar-refractivity contribution is 5.79. The average molecular weight is 401 g/mol. The van der Waals surface area contributed by atoms with Gasteiger partial charge in [-0.25, -0.2) is 0 Å². The minimum absolute atomic E-state index is 0.00822. The number of nitrogens with zero attached hydrogens (tertiary/aromatic N) is 2. The van der Waals surface area contributed by atoms with Crippen molar-refractivity contribution >= 4 is 11.8 Å². The van der Waals surface area contributed by atoms with E-state index in [1.807, 2.05) is 9.80 Å². The Kier molecular flexibility index (Phi) is 7.33. The zero-order valence-electron chi connectivity index (χ0n) is 18.1. The Morgan fingerprint density at radius 1 is 1.21 bits per heavy atom. The normalized spacial score (nSPS) is 23.3. The van der Waals surface area contributed by atoms with Crippen molar-refractivity contribution in [3.8, 4) is 0 Å². The summed E-state index contributed by atoms with van der Waals surface area (Å²) in [5.41, 5.74) is 2.54. The fraction of sp³-hybridized carbons (Fsp3) is 0.667. The SMILES string of the molecule is Cc1ccc(CCCC(=O)N2CC[C@H]3[C@H](CCC(=O)N3[C@H](CO)C(C)C)C2)cc1. The Balaban J connectivity index is 1.54. The highest BCUT2D eigenvalue weighted by atomic mass is 16.3. The molecular formula is C24H36N2O3. The number of aliphatic hydroxyl groups is 1. The molecule has 1 N–H and O–H groups in total. The largest absolute Gasteiger partial charge is 0.394 e. The molecular weight excluding hydrogens is 364 g/mol. The lowest BCUT2D eigenvalue weighted by atomic mass is 9.81. The van der Waals surface area contributed by atoms with Gasteiger partial charge in [-0.05, 0) is 50.0 Å². The van der Waals surface area contributed by atoms with Crippen LogP contribution in [0.2, 0.25) is 0 Å². The summed E-state index contributed by atoms with van der Waals surface area (Å²) in [5.74, 6) is 0.956. The molecule has 0 saturated carbocycles. The molecule has 3 atom stereocenters. The standard InChI is InChI=1S/C24H36N2O3/c1-17(2)22(16-27)26-21-13-14-25(15-20(21)11-12-24(26)29)23(28)6-4-5-19-9-7-18(3)8-10-19/h7-10,17,20-22,27H,4-6,11-16H2,1-3H3/t20-,21+,22-/m1/s1. The van der Waals surface area contributed by atoms with E-state index in [0.717, 1.165) is 32.2 Å². The van der Waals surface area contributed by atoms with Crippen molar-refractivity contribution in [2.24, 2.45) is 11.8 Å². The van der Waals surface area contributed by atoms with Crippen molar-refractivity contribution in [1.29, 1.82) is 0 Å². The van der Waals surface area contributed by atoms with Gasteiger partial charge >= 0.3 is 0 Å². The zero-order valence-corrected chi connectivity index (χ0v) is 18.1. The fourth-order valence-electron chi connectivity index (χ4n) is 4.93. The molecule has 0 aliphatic carbocycles. The van der Waals surface area contributed by atoms with Crippen molar-refractivity contribution in [3.05, 3.63) is 35.4 Å². The molecule has 0 spiro atoms. The zero-order chi connectivity index (χ0) is 21.0. The summed E-state index contributed by atoms with van der Waals surface area (Å²) in [4.78, 5) is 29.3. The van der Waals surface area contributed by atoms with Gasteiger partial charge in [0.2, 0.25) is 11.8 Å². The number of rotatable bonds is 7. The van der Waals surface area contributed by atoms with Crippen LogP contribution in [0.25, 0.3) is 0 Å². The summed E-state index contributed by atoms with van der Waals surface area (Å²) >= 11 is 0. The van der Waals surface area contributed by atoms with Gasteiger partial charge in [-0.1, -0.05) is 43.7 Å². The lowest BCUT2D eigenvalue weighted by Crippen LogP contribution is -2.61. The van der Waals surface area contributed by atoms with Crippen LogP contribution in [-0.4, -0.2) is 58.5 Å². The molecule has 2 aliphatic heterocycles. The van der Waals surface area contributed by atoms with Gasteiger partial charge in [0.15, 0.2) is 0 Å². The maximum Gasteiger partial charge on any atom is 0.223 e. The molecule has 0 unspecified atom stereocenters. The van der Waals surface area contributed by atoms with E-state index < -0.39 is 0 Å². The maximum absolute atomic E-state index is 12.8. The van der Waals surface area contributed by atoms with Crippen molar-refractivity contribution in [1.82, 2.24) is 9.80 Å². The molecule has 29 heavy (non-hydrogen) atoms. The van der Waals surface area contributed by atoms with E-state index >= 15 is 0 Å². The number of carbonyl (C=O) groups is 2. The molecule has 0 bridgehead atoms. The molecule has 2 fully saturated rings. The van der Waals surface area contributed by atoms with Gasteiger partial charge in [0.05, 0.1) is 12.6 Å². The third kappa shape index (κ3) is 5.19. The van der Waals surface area contributed by atoms with Crippen molar-refractivity contribution in [2.75, 3.05) is 19.7 Å². The Hall–Kier alpha value is -1.88. The number of benzene rings is 1. The first-order valence-corrected chi connectivity index (χ1v) is 11.2. The van der Waals surface area contributed by atoms with Gasteiger partial charge in [0.25, 0.3) is 0 Å². The molecule has 160 valence electrons. The summed E-state index contributed by atoms with van der Waals surface area (Å²) in [6.07, 6.45) is 4.59. The number of aryl methyl sites for hydroxylation is 2. The second kappa shape index (κ2) is 9.75. The van der Waals surface area contributed by atoms with Crippen LogP contribution in [-0.2, 0) is 16.0 Å². The van der Waals surface area contributed by atoms with E-state index in [1.54, 1.807) is 0 Å². The molecule has 2 aliphatic rings. The number of piperidine rings is 2. The number of hydrogen-bond donors (Lipinski definition) is 1. The molecule has 2 saturated heterocycles. The lowest BCUT2D eigenvalue weighted by Gasteiger charge is -2.50. The van der Waals surface area contributed by atoms with Gasteiger partial charge in [-0.3, -0.25) is 9.59 Å². The van der Waals surface area contributed by atoms with Crippen LogP contribution in [0.5, 0.6) is 0 Å². The summed E-state index contributed by atoms with van der Waals surface area (Å²) in [7, 11) is 0. The van der Waals surface area contributed by atoms with Gasteiger partial charge < -0.3 is 14.9 Å². The third-order valence-corrected chi connectivity index (χ3v) is 6.71. The van der Waals surface area contributed by atoms with Gasteiger partial charge in [-0.15, -0.1) is 0 Å². The monoisotopic (exact) mass is 400 g/mol. The Morgan fingerprint density at radius 3 is 2.59 bits per heavy atom. The van der Waals surface area contributed by atoms with Crippen LogP contribution in [0.4, 0.5) is 0 Å². The molecule has 5 heteroatoms. The van der Waals surface area contributed by atoms with Crippen LogP contribution in [0, 0.1) is 18.8 Å². The summed E-state index contributed by atoms with van der Waals surface area (Å²) in [6.45, 7) is 7.67. The lowest BCUT2D eigenvalue weighted by molar-refractivity contribution is -0.150. The highest BCUT2D eigenvalue weighted by Gasteiger charge is 2.43. The van der Waals surface area contributed by atoms with Crippen molar-refractivity contribution < 1.29 is 14.7 Å². The van der Waals surface area contributed by atoms with Crippen LogP contribution in [0.1, 0.15) is 57.1 Å². The number of likely N-dealkylation sites (tertiary alicyclic amines) is 2. The van der Waals surface area contributed by atoms with Crippen molar-refractivity contribution in [2.45, 2.75) is 71.4 Å². The second-order valence-corrected chi connectivity index (χ2v) is 9.13. The third-order valence-electron chi connectivity index (χ3n) is 6.71. The predicted octanol–water partition coefficient (Wildman–Crippen LogP) is 3.17. The number of hydrogen-bond acceptors (Lipinski definition) is 3. The topological polar surface area (TPSA) is 60.9 Å². The van der Waals surface area contributed by atoms with Crippen LogP contribution in [0.15, 0.2) is 24.3 Å². The van der Waals surface area contributed by atoms with E-state index in [0.29, 0.717) is 25.3 Å². The first-order chi connectivity index (χ1) is 13.9. The molecule has 5 nitrogen and oxygen atoms in total. The minimum Gasteiger partial charge on any atom is -0.394 e. The second-order valence-electron chi connectivity index (χ2n) is 9.13. The predicted molar refractivity (Wildman–Crippen MR) is 114 cm³/mol. The number of amides is 2. The highest BCUT2D eigenvalue weighted by Crippen LogP contribution is 2.34. The van der Waals surface area contributed by atoms with E-state index in [1.165, 1.54) is 11.1 Å². The summed E-state index contributed by atoms with van der Waals surface area (Å²) < 4.78 is 0. The summed E-state index contributed by atoms with van der Waals surface area (Å²) in [6, 6.07) is 8.57. The average Bonchev–Trinajstić information content (AvgIpc) is 2.71. The van der Waals surface area contributed by atoms with Crippen molar-refractivity contribution in [3.63, 3.8) is 0 Å². The Morgan fingerprint density at radius 2 is 1.93 bits per heavy atom. The maximum atomic E-state index is 12.8. The molecule has 2 amide bonds. The Labute approximate surface area is 175 Å². The number of aliphatic hydroxyl groups excluding tert-OH is 1. The Bertz CT molecular complexity index is 701. The molecule has 1 aromatic carbocycles. The van der Waals surface area contributed by atoms with E-state index in [-0.39, 0.29) is 36.4 Å². The molecule has 2 heterocycles. The smallest absolute Gasteiger partial charge is 0.223 e.